The minimum Gasteiger partial charge on any atom is -0.495 e. The molecule has 0 saturated carbocycles. The van der Waals surface area contributed by atoms with E-state index in [1.807, 2.05) is 0 Å². The van der Waals surface area contributed by atoms with Crippen molar-refractivity contribution in [3.05, 3.63) is 52.5 Å². The van der Waals surface area contributed by atoms with E-state index in [0.29, 0.717) is 16.5 Å². The minimum absolute atomic E-state index is 0.132. The molecule has 0 aromatic heterocycles. The van der Waals surface area contributed by atoms with Crippen LogP contribution in [0.5, 0.6) is 5.75 Å². The lowest BCUT2D eigenvalue weighted by Crippen LogP contribution is -2.22. The number of methoxy groups -OCH3 is 1. The van der Waals surface area contributed by atoms with Crippen LogP contribution >= 0.6 is 11.6 Å². The van der Waals surface area contributed by atoms with Gasteiger partial charge in [0, 0.05) is 17.3 Å². The number of ether oxygens (including phenoxy) is 2. The largest absolute Gasteiger partial charge is 0.495 e. The summed E-state index contributed by atoms with van der Waals surface area (Å²) in [5.41, 5.74) is 0.969. The Hall–Kier alpha value is -2.58. The fourth-order valence-electron chi connectivity index (χ4n) is 2.28. The molecule has 0 radical (unpaired) electrons. The van der Waals surface area contributed by atoms with Crippen molar-refractivity contribution in [2.75, 3.05) is 25.3 Å². The Morgan fingerprint density at radius 2 is 1.85 bits per heavy atom. The third-order valence-corrected chi connectivity index (χ3v) is 5.16. The molecule has 0 bridgehead atoms. The van der Waals surface area contributed by atoms with Crippen LogP contribution in [0.3, 0.4) is 0 Å². The van der Waals surface area contributed by atoms with E-state index in [1.165, 1.54) is 31.4 Å². The molecule has 1 amide bonds. The molecule has 1 N–H and O–H groups in total. The SMILES string of the molecule is COc1cc(Cl)c(C)cc1NC(=O)COC(=O)c1ccccc1S(C)(=O)=O. The Morgan fingerprint density at radius 3 is 2.48 bits per heavy atom. The number of hydrogen-bond donors (Lipinski definition) is 1. The smallest absolute Gasteiger partial charge is 0.339 e. The second kappa shape index (κ2) is 8.41. The first-order valence-electron chi connectivity index (χ1n) is 7.73. The molecule has 27 heavy (non-hydrogen) atoms. The highest BCUT2D eigenvalue weighted by molar-refractivity contribution is 7.90. The van der Waals surface area contributed by atoms with Crippen molar-refractivity contribution in [1.82, 2.24) is 0 Å². The average Bonchev–Trinajstić information content (AvgIpc) is 2.61. The van der Waals surface area contributed by atoms with Gasteiger partial charge < -0.3 is 14.8 Å². The molecule has 2 rings (SSSR count). The number of hydrogen-bond acceptors (Lipinski definition) is 6. The van der Waals surface area contributed by atoms with Gasteiger partial charge in [0.2, 0.25) is 0 Å². The van der Waals surface area contributed by atoms with E-state index >= 15 is 0 Å². The molecule has 2 aromatic carbocycles. The predicted octanol–water partition coefficient (Wildman–Crippen LogP) is 2.86. The Labute approximate surface area is 162 Å². The summed E-state index contributed by atoms with van der Waals surface area (Å²) in [5.74, 6) is -1.17. The monoisotopic (exact) mass is 411 g/mol. The van der Waals surface area contributed by atoms with E-state index in [0.717, 1.165) is 11.8 Å². The van der Waals surface area contributed by atoms with E-state index in [1.54, 1.807) is 19.1 Å². The van der Waals surface area contributed by atoms with Gasteiger partial charge in [0.05, 0.1) is 23.3 Å². The van der Waals surface area contributed by atoms with E-state index in [9.17, 15) is 18.0 Å². The second-order valence-corrected chi connectivity index (χ2v) is 8.09. The number of benzene rings is 2. The van der Waals surface area contributed by atoms with Crippen LogP contribution in [0.4, 0.5) is 5.69 Å². The second-order valence-electron chi connectivity index (χ2n) is 5.69. The van der Waals surface area contributed by atoms with Crippen molar-refractivity contribution in [3.8, 4) is 5.75 Å². The Bertz CT molecular complexity index is 987. The van der Waals surface area contributed by atoms with E-state index < -0.39 is 28.3 Å². The van der Waals surface area contributed by atoms with Crippen molar-refractivity contribution in [3.63, 3.8) is 0 Å². The maximum Gasteiger partial charge on any atom is 0.339 e. The number of esters is 1. The highest BCUT2D eigenvalue weighted by Crippen LogP contribution is 2.30. The molecule has 144 valence electrons. The highest BCUT2D eigenvalue weighted by Gasteiger charge is 2.20. The van der Waals surface area contributed by atoms with Crippen LogP contribution in [0.25, 0.3) is 0 Å². The van der Waals surface area contributed by atoms with Crippen molar-refractivity contribution in [2.24, 2.45) is 0 Å². The number of rotatable bonds is 6. The number of aryl methyl sites for hydroxylation is 1. The van der Waals surface area contributed by atoms with Gasteiger partial charge in [-0.05, 0) is 30.7 Å². The molecule has 0 unspecified atom stereocenters. The van der Waals surface area contributed by atoms with Crippen molar-refractivity contribution in [2.45, 2.75) is 11.8 Å². The highest BCUT2D eigenvalue weighted by atomic mass is 35.5. The fourth-order valence-corrected chi connectivity index (χ4v) is 3.31. The lowest BCUT2D eigenvalue weighted by atomic mass is 10.2. The van der Waals surface area contributed by atoms with E-state index in [-0.39, 0.29) is 10.5 Å². The first-order chi connectivity index (χ1) is 12.6. The lowest BCUT2D eigenvalue weighted by molar-refractivity contribution is -0.119. The molecule has 2 aromatic rings. The van der Waals surface area contributed by atoms with Crippen molar-refractivity contribution < 1.29 is 27.5 Å². The Morgan fingerprint density at radius 1 is 1.19 bits per heavy atom. The van der Waals surface area contributed by atoms with Crippen LogP contribution in [-0.4, -0.2) is 40.3 Å². The first kappa shape index (κ1) is 20.7. The number of sulfone groups is 1. The molecule has 9 heteroatoms. The summed E-state index contributed by atoms with van der Waals surface area (Å²) < 4.78 is 33.6. The molecule has 0 aliphatic carbocycles. The quantitative estimate of drug-likeness (QED) is 0.734. The van der Waals surface area contributed by atoms with E-state index in [4.69, 9.17) is 21.1 Å². The van der Waals surface area contributed by atoms with Gasteiger partial charge in [-0.1, -0.05) is 23.7 Å². The molecular formula is C18H18ClNO6S. The molecule has 0 aliphatic heterocycles. The summed E-state index contributed by atoms with van der Waals surface area (Å²) in [4.78, 5) is 24.1. The zero-order valence-electron chi connectivity index (χ0n) is 14.9. The summed E-state index contributed by atoms with van der Waals surface area (Å²) in [7, 11) is -2.18. The van der Waals surface area contributed by atoms with Crippen LogP contribution in [0.2, 0.25) is 5.02 Å². The summed E-state index contributed by atoms with van der Waals surface area (Å²) in [6.45, 7) is 1.17. The van der Waals surface area contributed by atoms with Crippen molar-refractivity contribution >= 4 is 39.0 Å². The predicted molar refractivity (Wildman–Crippen MR) is 101 cm³/mol. The van der Waals surface area contributed by atoms with E-state index in [2.05, 4.69) is 5.32 Å². The van der Waals surface area contributed by atoms with Crippen LogP contribution in [0, 0.1) is 6.92 Å². The molecule has 7 nitrogen and oxygen atoms in total. The van der Waals surface area contributed by atoms with Gasteiger partial charge in [-0.3, -0.25) is 4.79 Å². The molecule has 0 heterocycles. The van der Waals surface area contributed by atoms with Crippen LogP contribution in [0.15, 0.2) is 41.3 Å². The maximum atomic E-state index is 12.2. The fraction of sp³-hybridized carbons (Fsp3) is 0.222. The third kappa shape index (κ3) is 5.21. The number of halogens is 1. The average molecular weight is 412 g/mol. The molecule has 0 aliphatic rings. The summed E-state index contributed by atoms with van der Waals surface area (Å²) in [6, 6.07) is 8.80. The van der Waals surface area contributed by atoms with Gasteiger partial charge in [-0.25, -0.2) is 13.2 Å². The minimum atomic E-state index is -3.61. The molecule has 0 spiro atoms. The Kier molecular flexibility index (Phi) is 6.45. The third-order valence-electron chi connectivity index (χ3n) is 3.60. The number of anilines is 1. The van der Waals surface area contributed by atoms with Crippen LogP contribution in [0.1, 0.15) is 15.9 Å². The lowest BCUT2D eigenvalue weighted by Gasteiger charge is -2.13. The van der Waals surface area contributed by atoms with Gasteiger partial charge in [0.15, 0.2) is 16.4 Å². The van der Waals surface area contributed by atoms with Gasteiger partial charge in [0.1, 0.15) is 5.75 Å². The molecule has 0 saturated heterocycles. The van der Waals surface area contributed by atoms with Gasteiger partial charge >= 0.3 is 5.97 Å². The zero-order chi connectivity index (χ0) is 20.2. The van der Waals surface area contributed by atoms with Gasteiger partial charge in [0.25, 0.3) is 5.91 Å². The first-order valence-corrected chi connectivity index (χ1v) is 10.0. The van der Waals surface area contributed by atoms with Gasteiger partial charge in [-0.2, -0.15) is 0 Å². The summed E-state index contributed by atoms with van der Waals surface area (Å²) in [5, 5.41) is 3.04. The molecule has 0 atom stereocenters. The number of carbonyl (C=O) groups excluding carboxylic acids is 2. The standard InChI is InChI=1S/C18H18ClNO6S/c1-11-8-14(15(25-2)9-13(11)19)20-17(21)10-26-18(22)12-6-4-5-7-16(12)27(3,23)24/h4-9H,10H2,1-3H3,(H,20,21). The van der Waals surface area contributed by atoms with Crippen molar-refractivity contribution in [1.29, 1.82) is 0 Å². The Balaban J connectivity index is 2.09. The zero-order valence-corrected chi connectivity index (χ0v) is 16.5. The number of amides is 1. The summed E-state index contributed by atoms with van der Waals surface area (Å²) in [6.07, 6.45) is 0.987. The summed E-state index contributed by atoms with van der Waals surface area (Å²) >= 11 is 6.01. The maximum absolute atomic E-state index is 12.2. The number of carbonyl (C=O) groups is 2. The topological polar surface area (TPSA) is 98.8 Å². The number of nitrogens with one attached hydrogen (secondary N) is 1. The van der Waals surface area contributed by atoms with Gasteiger partial charge in [-0.15, -0.1) is 0 Å². The van der Waals surface area contributed by atoms with Crippen LogP contribution < -0.4 is 10.1 Å². The van der Waals surface area contributed by atoms with Crippen LogP contribution in [-0.2, 0) is 19.4 Å². The molecule has 0 fully saturated rings. The normalized spacial score (nSPS) is 11.0. The molecular weight excluding hydrogens is 394 g/mol.